The van der Waals surface area contributed by atoms with Gasteiger partial charge in [0.2, 0.25) is 5.13 Å². The van der Waals surface area contributed by atoms with Crippen LogP contribution in [0.2, 0.25) is 0 Å². The average Bonchev–Trinajstić information content (AvgIpc) is 3.04. The lowest BCUT2D eigenvalue weighted by Crippen LogP contribution is -1.99. The summed E-state index contributed by atoms with van der Waals surface area (Å²) in [4.78, 5) is 4.65. The van der Waals surface area contributed by atoms with Crippen molar-refractivity contribution in [3.8, 4) is 11.3 Å². The van der Waals surface area contributed by atoms with Crippen LogP contribution < -0.4 is 5.43 Å². The van der Waals surface area contributed by atoms with Crippen molar-refractivity contribution in [2.75, 3.05) is 5.43 Å². The van der Waals surface area contributed by atoms with Crippen molar-refractivity contribution in [3.63, 3.8) is 0 Å². The van der Waals surface area contributed by atoms with Crippen LogP contribution in [-0.2, 0) is 0 Å². The fourth-order valence-electron chi connectivity index (χ4n) is 2.34. The summed E-state index contributed by atoms with van der Waals surface area (Å²) in [6.45, 7) is 6.20. The van der Waals surface area contributed by atoms with E-state index >= 15 is 0 Å². The molecule has 0 aliphatic carbocycles. The Bertz CT molecular complexity index is 835. The molecule has 116 valence electrons. The van der Waals surface area contributed by atoms with Gasteiger partial charge in [-0.05, 0) is 38.0 Å². The van der Waals surface area contributed by atoms with Gasteiger partial charge in [0.15, 0.2) is 0 Å². The molecule has 1 heterocycles. The summed E-state index contributed by atoms with van der Waals surface area (Å²) < 4.78 is 0. The molecule has 0 fully saturated rings. The highest BCUT2D eigenvalue weighted by Gasteiger charge is 2.07. The highest BCUT2D eigenvalue weighted by Crippen LogP contribution is 2.28. The number of hydrazone groups is 1. The fraction of sp³-hybridized carbons (Fsp3) is 0.158. The average molecular weight is 321 g/mol. The van der Waals surface area contributed by atoms with Crippen LogP contribution >= 0.6 is 11.3 Å². The van der Waals surface area contributed by atoms with Gasteiger partial charge in [0.1, 0.15) is 0 Å². The number of aromatic nitrogens is 1. The number of nitrogens with zero attached hydrogens (tertiary/aromatic N) is 2. The van der Waals surface area contributed by atoms with Gasteiger partial charge in [-0.15, -0.1) is 11.3 Å². The van der Waals surface area contributed by atoms with E-state index in [-0.39, 0.29) is 0 Å². The molecular weight excluding hydrogens is 302 g/mol. The van der Waals surface area contributed by atoms with Crippen LogP contribution in [0, 0.1) is 13.8 Å². The van der Waals surface area contributed by atoms with E-state index in [1.807, 2.05) is 37.3 Å². The summed E-state index contributed by atoms with van der Waals surface area (Å²) in [6, 6.07) is 16.5. The number of hydrogen-bond acceptors (Lipinski definition) is 4. The van der Waals surface area contributed by atoms with E-state index < -0.39 is 0 Å². The largest absolute Gasteiger partial charge is 0.252 e. The van der Waals surface area contributed by atoms with E-state index in [0.717, 1.165) is 22.1 Å². The molecule has 2 aromatic carbocycles. The molecule has 0 spiro atoms. The zero-order valence-electron chi connectivity index (χ0n) is 13.5. The summed E-state index contributed by atoms with van der Waals surface area (Å²) in [7, 11) is 0. The maximum absolute atomic E-state index is 4.65. The number of rotatable bonds is 4. The Kier molecular flexibility index (Phi) is 4.53. The molecule has 1 N–H and O–H groups in total. The van der Waals surface area contributed by atoms with E-state index in [4.69, 9.17) is 0 Å². The van der Waals surface area contributed by atoms with Crippen LogP contribution in [0.25, 0.3) is 11.3 Å². The number of nitrogens with one attached hydrogen (secondary N) is 1. The third-order valence-corrected chi connectivity index (χ3v) is 4.43. The maximum Gasteiger partial charge on any atom is 0.203 e. The molecule has 4 heteroatoms. The molecule has 0 aliphatic heterocycles. The highest BCUT2D eigenvalue weighted by atomic mass is 32.1. The molecule has 0 atom stereocenters. The molecule has 3 aromatic rings. The lowest BCUT2D eigenvalue weighted by Gasteiger charge is -2.04. The van der Waals surface area contributed by atoms with Crippen LogP contribution in [0.15, 0.2) is 59.0 Å². The minimum Gasteiger partial charge on any atom is -0.252 e. The van der Waals surface area contributed by atoms with Crippen molar-refractivity contribution in [1.29, 1.82) is 0 Å². The Morgan fingerprint density at radius 3 is 2.65 bits per heavy atom. The van der Waals surface area contributed by atoms with Gasteiger partial charge in [0.25, 0.3) is 0 Å². The first kappa shape index (κ1) is 15.4. The number of aryl methyl sites for hydroxylation is 2. The molecule has 1 aromatic heterocycles. The Morgan fingerprint density at radius 2 is 1.87 bits per heavy atom. The van der Waals surface area contributed by atoms with Gasteiger partial charge in [-0.25, -0.2) is 4.98 Å². The van der Waals surface area contributed by atoms with E-state index in [1.54, 1.807) is 11.3 Å². The van der Waals surface area contributed by atoms with Gasteiger partial charge >= 0.3 is 0 Å². The van der Waals surface area contributed by atoms with Crippen molar-refractivity contribution in [2.45, 2.75) is 20.8 Å². The van der Waals surface area contributed by atoms with Crippen LogP contribution in [0.5, 0.6) is 0 Å². The molecule has 0 amide bonds. The second-order valence-corrected chi connectivity index (χ2v) is 6.39. The van der Waals surface area contributed by atoms with Gasteiger partial charge in [-0.2, -0.15) is 5.10 Å². The Labute approximate surface area is 140 Å². The predicted molar refractivity (Wildman–Crippen MR) is 99.3 cm³/mol. The van der Waals surface area contributed by atoms with E-state index in [2.05, 4.69) is 52.9 Å². The topological polar surface area (TPSA) is 37.3 Å². The number of benzene rings is 2. The van der Waals surface area contributed by atoms with Gasteiger partial charge in [0, 0.05) is 10.9 Å². The molecule has 3 rings (SSSR count). The monoisotopic (exact) mass is 321 g/mol. The first-order valence-corrected chi connectivity index (χ1v) is 8.40. The molecule has 0 radical (unpaired) electrons. The zero-order chi connectivity index (χ0) is 16.2. The van der Waals surface area contributed by atoms with Crippen LogP contribution in [0.1, 0.15) is 23.6 Å². The highest BCUT2D eigenvalue weighted by molar-refractivity contribution is 7.14. The van der Waals surface area contributed by atoms with Crippen molar-refractivity contribution in [1.82, 2.24) is 4.98 Å². The predicted octanol–water partition coefficient (Wildman–Crippen LogP) is 5.26. The van der Waals surface area contributed by atoms with Crippen LogP contribution in [-0.4, -0.2) is 10.7 Å². The summed E-state index contributed by atoms with van der Waals surface area (Å²) in [5.41, 5.74) is 9.75. The molecule has 0 saturated carbocycles. The summed E-state index contributed by atoms with van der Waals surface area (Å²) in [6.07, 6.45) is 0. The first-order valence-electron chi connectivity index (χ1n) is 7.52. The second kappa shape index (κ2) is 6.75. The van der Waals surface area contributed by atoms with Crippen LogP contribution in [0.3, 0.4) is 0 Å². The van der Waals surface area contributed by atoms with Crippen molar-refractivity contribution in [3.05, 3.63) is 70.6 Å². The molecule has 3 nitrogen and oxygen atoms in total. The Morgan fingerprint density at radius 1 is 1.09 bits per heavy atom. The quantitative estimate of drug-likeness (QED) is 0.525. The van der Waals surface area contributed by atoms with E-state index in [0.29, 0.717) is 0 Å². The fourth-order valence-corrected chi connectivity index (χ4v) is 2.99. The molecular formula is C19H19N3S. The molecule has 23 heavy (non-hydrogen) atoms. The van der Waals surface area contributed by atoms with Gasteiger partial charge in [0.05, 0.1) is 11.4 Å². The molecule has 0 bridgehead atoms. The normalized spacial score (nSPS) is 11.5. The lowest BCUT2D eigenvalue weighted by molar-refractivity contribution is 1.26. The number of thiazole rings is 1. The molecule has 0 unspecified atom stereocenters. The van der Waals surface area contributed by atoms with Crippen LogP contribution in [0.4, 0.5) is 5.13 Å². The van der Waals surface area contributed by atoms with Gasteiger partial charge in [-0.1, -0.05) is 48.0 Å². The second-order valence-electron chi connectivity index (χ2n) is 5.53. The summed E-state index contributed by atoms with van der Waals surface area (Å²) in [5.74, 6) is 0. The first-order chi connectivity index (χ1) is 11.1. The van der Waals surface area contributed by atoms with Crippen molar-refractivity contribution < 1.29 is 0 Å². The SMILES string of the molecule is C/C(=N\Nc1nc(-c2cc(C)ccc2C)cs1)c1ccccc1. The van der Waals surface area contributed by atoms with Gasteiger partial charge in [-0.3, -0.25) is 5.43 Å². The van der Waals surface area contributed by atoms with E-state index in [1.165, 1.54) is 16.7 Å². The smallest absolute Gasteiger partial charge is 0.203 e. The third kappa shape index (κ3) is 3.66. The van der Waals surface area contributed by atoms with Crippen molar-refractivity contribution in [2.24, 2.45) is 5.10 Å². The lowest BCUT2D eigenvalue weighted by atomic mass is 10.0. The van der Waals surface area contributed by atoms with Crippen molar-refractivity contribution >= 4 is 22.2 Å². The minimum absolute atomic E-state index is 0.802. The molecule has 0 saturated heterocycles. The number of anilines is 1. The van der Waals surface area contributed by atoms with E-state index in [9.17, 15) is 0 Å². The van der Waals surface area contributed by atoms with Gasteiger partial charge < -0.3 is 0 Å². The molecule has 0 aliphatic rings. The minimum atomic E-state index is 0.802. The maximum atomic E-state index is 4.65. The standard InChI is InChI=1S/C19H19N3S/c1-13-9-10-14(2)17(11-13)18-12-23-19(20-18)22-21-15(3)16-7-5-4-6-8-16/h4-12H,1-3H3,(H,20,22)/b21-15+. The Hall–Kier alpha value is -2.46. The summed E-state index contributed by atoms with van der Waals surface area (Å²) in [5, 5.41) is 7.30. The summed E-state index contributed by atoms with van der Waals surface area (Å²) >= 11 is 1.57. The number of hydrogen-bond donors (Lipinski definition) is 1. The third-order valence-electron chi connectivity index (χ3n) is 3.68. The Balaban J connectivity index is 1.79. The zero-order valence-corrected chi connectivity index (χ0v) is 14.3.